The minimum absolute atomic E-state index is 0.0329. The lowest BCUT2D eigenvalue weighted by Crippen LogP contribution is -2.49. The first kappa shape index (κ1) is 14.0. The number of nitrogens with zero attached hydrogens (tertiary/aromatic N) is 1. The summed E-state index contributed by atoms with van der Waals surface area (Å²) in [7, 11) is 0. The summed E-state index contributed by atoms with van der Waals surface area (Å²) >= 11 is 0. The van der Waals surface area contributed by atoms with Gasteiger partial charge in [0.1, 0.15) is 6.10 Å². The highest BCUT2D eigenvalue weighted by molar-refractivity contribution is 5.77. The van der Waals surface area contributed by atoms with Crippen molar-refractivity contribution in [3.8, 4) is 0 Å². The van der Waals surface area contributed by atoms with Gasteiger partial charge >= 0.3 is 0 Å². The van der Waals surface area contributed by atoms with E-state index in [-0.39, 0.29) is 24.1 Å². The van der Waals surface area contributed by atoms with Gasteiger partial charge in [0.25, 0.3) is 0 Å². The van der Waals surface area contributed by atoms with Gasteiger partial charge in [-0.1, -0.05) is 30.3 Å². The number of morpholine rings is 1. The fraction of sp³-hybridized carbons (Fsp3) is 0.533. The van der Waals surface area contributed by atoms with Crippen molar-refractivity contribution >= 4 is 5.91 Å². The maximum absolute atomic E-state index is 12.2. The van der Waals surface area contributed by atoms with E-state index in [0.29, 0.717) is 19.6 Å². The maximum atomic E-state index is 12.2. The Hall–Kier alpha value is -1.39. The van der Waals surface area contributed by atoms with E-state index in [1.54, 1.807) is 0 Å². The molecule has 1 aliphatic heterocycles. The van der Waals surface area contributed by atoms with Crippen LogP contribution in [0.5, 0.6) is 0 Å². The number of carbonyl (C=O) groups excluding carboxylic acids is 1. The molecule has 1 aromatic rings. The molecule has 1 saturated heterocycles. The average Bonchev–Trinajstić information content (AvgIpc) is 2.39. The highest BCUT2D eigenvalue weighted by Gasteiger charge is 2.30. The fourth-order valence-electron chi connectivity index (χ4n) is 2.37. The van der Waals surface area contributed by atoms with E-state index in [2.05, 4.69) is 0 Å². The first-order chi connectivity index (χ1) is 9.08. The van der Waals surface area contributed by atoms with Crippen LogP contribution in [0.4, 0.5) is 0 Å². The number of ether oxygens (including phenoxy) is 1. The van der Waals surface area contributed by atoms with E-state index in [9.17, 15) is 4.79 Å². The molecule has 0 aromatic heterocycles. The Bertz CT molecular complexity index is 419. The summed E-state index contributed by atoms with van der Waals surface area (Å²) in [5, 5.41) is 0. The Kier molecular flexibility index (Phi) is 4.56. The van der Waals surface area contributed by atoms with Crippen LogP contribution in [0.25, 0.3) is 0 Å². The van der Waals surface area contributed by atoms with E-state index in [4.69, 9.17) is 10.5 Å². The molecule has 1 aliphatic rings. The van der Waals surface area contributed by atoms with Crippen LogP contribution in [0.1, 0.15) is 31.9 Å². The number of hydrogen-bond donors (Lipinski definition) is 1. The monoisotopic (exact) mass is 262 g/mol. The summed E-state index contributed by atoms with van der Waals surface area (Å²) in [5.74, 6) is 0.117. The first-order valence-electron chi connectivity index (χ1n) is 6.79. The van der Waals surface area contributed by atoms with Crippen LogP contribution in [0.2, 0.25) is 0 Å². The fourth-order valence-corrected chi connectivity index (χ4v) is 2.37. The lowest BCUT2D eigenvalue weighted by molar-refractivity contribution is -0.144. The molecule has 19 heavy (non-hydrogen) atoms. The molecule has 2 N–H and O–H groups in total. The van der Waals surface area contributed by atoms with Crippen LogP contribution in [0, 0.1) is 0 Å². The second kappa shape index (κ2) is 6.17. The zero-order valence-electron chi connectivity index (χ0n) is 11.6. The molecular formula is C15H22N2O2. The molecule has 1 fully saturated rings. The van der Waals surface area contributed by atoms with Crippen molar-refractivity contribution in [3.63, 3.8) is 0 Å². The second-order valence-corrected chi connectivity index (χ2v) is 5.31. The number of carbonyl (C=O) groups is 1. The van der Waals surface area contributed by atoms with Gasteiger partial charge in [0.15, 0.2) is 0 Å². The molecule has 0 aliphatic carbocycles. The summed E-state index contributed by atoms with van der Waals surface area (Å²) in [4.78, 5) is 14.1. The van der Waals surface area contributed by atoms with Crippen molar-refractivity contribution in [2.75, 3.05) is 13.2 Å². The predicted octanol–water partition coefficient (Wildman–Crippen LogP) is 1.71. The number of amides is 1. The molecule has 0 radical (unpaired) electrons. The normalized spacial score (nSPS) is 25.1. The van der Waals surface area contributed by atoms with Gasteiger partial charge in [-0.3, -0.25) is 4.79 Å². The molecule has 1 aromatic carbocycles. The van der Waals surface area contributed by atoms with Gasteiger partial charge in [-0.15, -0.1) is 0 Å². The molecule has 2 rings (SSSR count). The van der Waals surface area contributed by atoms with Crippen LogP contribution in [0.3, 0.4) is 0 Å². The van der Waals surface area contributed by atoms with Gasteiger partial charge < -0.3 is 15.4 Å². The Morgan fingerprint density at radius 1 is 1.47 bits per heavy atom. The Morgan fingerprint density at radius 2 is 2.16 bits per heavy atom. The van der Waals surface area contributed by atoms with Crippen molar-refractivity contribution in [3.05, 3.63) is 35.9 Å². The molecule has 4 nitrogen and oxygen atoms in total. The number of nitrogens with two attached hydrogens (primary N) is 1. The van der Waals surface area contributed by atoms with E-state index in [0.717, 1.165) is 5.56 Å². The molecule has 3 atom stereocenters. The summed E-state index contributed by atoms with van der Waals surface area (Å²) in [6.45, 7) is 5.05. The van der Waals surface area contributed by atoms with E-state index in [1.807, 2.05) is 49.1 Å². The molecule has 1 amide bonds. The van der Waals surface area contributed by atoms with Crippen molar-refractivity contribution in [2.24, 2.45) is 5.73 Å². The summed E-state index contributed by atoms with van der Waals surface area (Å²) < 4.78 is 5.84. The molecule has 0 spiro atoms. The quantitative estimate of drug-likeness (QED) is 0.902. The Morgan fingerprint density at radius 3 is 2.79 bits per heavy atom. The standard InChI is InChI=1S/C15H22N2O2/c1-11(16)8-15(18)17-9-14(19-10-12(17)2)13-6-4-3-5-7-13/h3-7,11-12,14H,8-10,16H2,1-2H3. The molecule has 0 bridgehead atoms. The van der Waals surface area contributed by atoms with Crippen LogP contribution in [-0.4, -0.2) is 36.0 Å². The number of rotatable bonds is 3. The SMILES string of the molecule is CC(N)CC(=O)N1CC(c2ccccc2)OCC1C. The Labute approximate surface area is 114 Å². The summed E-state index contributed by atoms with van der Waals surface area (Å²) in [5.41, 5.74) is 6.83. The summed E-state index contributed by atoms with van der Waals surface area (Å²) in [6.07, 6.45) is 0.362. The third-order valence-electron chi connectivity index (χ3n) is 3.42. The highest BCUT2D eigenvalue weighted by atomic mass is 16.5. The molecule has 104 valence electrons. The largest absolute Gasteiger partial charge is 0.370 e. The molecule has 4 heteroatoms. The predicted molar refractivity (Wildman–Crippen MR) is 74.6 cm³/mol. The minimum atomic E-state index is -0.0993. The van der Waals surface area contributed by atoms with Crippen LogP contribution in [-0.2, 0) is 9.53 Å². The lowest BCUT2D eigenvalue weighted by atomic mass is 10.1. The first-order valence-corrected chi connectivity index (χ1v) is 6.79. The van der Waals surface area contributed by atoms with Gasteiger partial charge in [0, 0.05) is 12.5 Å². The van der Waals surface area contributed by atoms with Crippen molar-refractivity contribution in [1.82, 2.24) is 4.90 Å². The van der Waals surface area contributed by atoms with Gasteiger partial charge in [-0.05, 0) is 19.4 Å². The minimum Gasteiger partial charge on any atom is -0.370 e. The van der Waals surface area contributed by atoms with Gasteiger partial charge in [-0.25, -0.2) is 0 Å². The number of hydrogen-bond acceptors (Lipinski definition) is 3. The van der Waals surface area contributed by atoms with Crippen LogP contribution in [0.15, 0.2) is 30.3 Å². The van der Waals surface area contributed by atoms with E-state index in [1.165, 1.54) is 0 Å². The molecule has 1 heterocycles. The molecular weight excluding hydrogens is 240 g/mol. The number of benzene rings is 1. The van der Waals surface area contributed by atoms with Gasteiger partial charge in [0.05, 0.1) is 19.2 Å². The topological polar surface area (TPSA) is 55.6 Å². The Balaban J connectivity index is 2.06. The third-order valence-corrected chi connectivity index (χ3v) is 3.42. The maximum Gasteiger partial charge on any atom is 0.224 e. The zero-order chi connectivity index (χ0) is 13.8. The third kappa shape index (κ3) is 3.55. The van der Waals surface area contributed by atoms with Crippen LogP contribution < -0.4 is 5.73 Å². The summed E-state index contributed by atoms with van der Waals surface area (Å²) in [6, 6.07) is 10.1. The lowest BCUT2D eigenvalue weighted by Gasteiger charge is -2.38. The van der Waals surface area contributed by atoms with Crippen molar-refractivity contribution in [2.45, 2.75) is 38.5 Å². The second-order valence-electron chi connectivity index (χ2n) is 5.31. The van der Waals surface area contributed by atoms with Crippen LogP contribution >= 0.6 is 0 Å². The van der Waals surface area contributed by atoms with E-state index < -0.39 is 0 Å². The van der Waals surface area contributed by atoms with Crippen molar-refractivity contribution < 1.29 is 9.53 Å². The molecule has 3 unspecified atom stereocenters. The van der Waals surface area contributed by atoms with Gasteiger partial charge in [0.2, 0.25) is 5.91 Å². The smallest absolute Gasteiger partial charge is 0.224 e. The highest BCUT2D eigenvalue weighted by Crippen LogP contribution is 2.25. The van der Waals surface area contributed by atoms with E-state index >= 15 is 0 Å². The van der Waals surface area contributed by atoms with Gasteiger partial charge in [-0.2, -0.15) is 0 Å². The molecule has 0 saturated carbocycles. The zero-order valence-corrected chi connectivity index (χ0v) is 11.6. The average molecular weight is 262 g/mol. The van der Waals surface area contributed by atoms with Crippen molar-refractivity contribution in [1.29, 1.82) is 0 Å².